The average molecular weight is 501 g/mol. The monoisotopic (exact) mass is 500 g/mol. The Bertz CT molecular complexity index is 803. The van der Waals surface area contributed by atoms with Gasteiger partial charge in [0.25, 0.3) is 0 Å². The minimum atomic E-state index is 0.147. The van der Waals surface area contributed by atoms with Gasteiger partial charge in [-0.2, -0.15) is 0 Å². The van der Waals surface area contributed by atoms with Crippen LogP contribution in [0.3, 0.4) is 0 Å². The van der Waals surface area contributed by atoms with Crippen molar-refractivity contribution in [1.29, 1.82) is 0 Å². The van der Waals surface area contributed by atoms with Crippen molar-refractivity contribution in [2.75, 3.05) is 26.2 Å². The zero-order valence-corrected chi connectivity index (χ0v) is 23.9. The molecule has 2 aliphatic heterocycles. The first-order chi connectivity index (χ1) is 16.7. The standard InChI is InChI=1S/C30H52N4O2/c1-27(2)11-23-13-29(5,17-27)19-33(23)25(35)31-15-21-8-7-9-22(10-21)16-32-26(36)34-20-30(6)14-24(34)12-28(3,4)18-30/h21-24H,7-20H2,1-6H3,(H,31,35)(H,32,36)/t21-,22+,23+,24-,29-,30+. The highest BCUT2D eigenvalue weighted by molar-refractivity contribution is 5.75. The highest BCUT2D eigenvalue weighted by atomic mass is 16.2. The van der Waals surface area contributed by atoms with Crippen LogP contribution in [0.4, 0.5) is 9.59 Å². The maximum atomic E-state index is 13.1. The van der Waals surface area contributed by atoms with Gasteiger partial charge in [-0.15, -0.1) is 0 Å². The topological polar surface area (TPSA) is 64.7 Å². The van der Waals surface area contributed by atoms with Crippen LogP contribution in [0.5, 0.6) is 0 Å². The third-order valence-electron chi connectivity index (χ3n) is 10.3. The van der Waals surface area contributed by atoms with E-state index in [2.05, 4.69) is 62.0 Å². The molecule has 0 aromatic rings. The summed E-state index contributed by atoms with van der Waals surface area (Å²) < 4.78 is 0. The molecular weight excluding hydrogens is 448 g/mol. The van der Waals surface area contributed by atoms with Crippen LogP contribution in [0.25, 0.3) is 0 Å². The summed E-state index contributed by atoms with van der Waals surface area (Å²) >= 11 is 0. The number of urea groups is 2. The number of fused-ring (bicyclic) bond motifs is 4. The van der Waals surface area contributed by atoms with Gasteiger partial charge in [-0.25, -0.2) is 9.59 Å². The van der Waals surface area contributed by atoms with E-state index in [-0.39, 0.29) is 22.9 Å². The van der Waals surface area contributed by atoms with Crippen LogP contribution >= 0.6 is 0 Å². The van der Waals surface area contributed by atoms with Crippen molar-refractivity contribution < 1.29 is 9.59 Å². The van der Waals surface area contributed by atoms with Crippen molar-refractivity contribution in [3.8, 4) is 0 Å². The van der Waals surface area contributed by atoms with Crippen LogP contribution in [-0.4, -0.2) is 60.1 Å². The second-order valence-electron chi connectivity index (χ2n) is 16.0. The second kappa shape index (κ2) is 9.08. The summed E-state index contributed by atoms with van der Waals surface area (Å²) in [5, 5.41) is 6.62. The first-order valence-corrected chi connectivity index (χ1v) is 14.8. The molecule has 6 atom stereocenters. The number of hydrogen-bond donors (Lipinski definition) is 2. The summed E-state index contributed by atoms with van der Waals surface area (Å²) in [6.07, 6.45) is 11.6. The van der Waals surface area contributed by atoms with E-state index in [1.807, 2.05) is 0 Å². The van der Waals surface area contributed by atoms with E-state index in [1.165, 1.54) is 32.1 Å². The number of rotatable bonds is 4. The molecular formula is C30H52N4O2. The largest absolute Gasteiger partial charge is 0.338 e. The molecule has 36 heavy (non-hydrogen) atoms. The number of nitrogens with zero attached hydrogens (tertiary/aromatic N) is 2. The molecule has 4 bridgehead atoms. The summed E-state index contributed by atoms with van der Waals surface area (Å²) in [5.74, 6) is 1.04. The Morgan fingerprint density at radius 1 is 0.694 bits per heavy atom. The van der Waals surface area contributed by atoms with Crippen molar-refractivity contribution in [3.63, 3.8) is 0 Å². The lowest BCUT2D eigenvalue weighted by atomic mass is 9.65. The fourth-order valence-corrected chi connectivity index (χ4v) is 9.83. The van der Waals surface area contributed by atoms with Crippen molar-refractivity contribution in [2.45, 2.75) is 118 Å². The predicted molar refractivity (Wildman–Crippen MR) is 145 cm³/mol. The number of carbonyl (C=O) groups excluding carboxylic acids is 2. The summed E-state index contributed by atoms with van der Waals surface area (Å²) in [4.78, 5) is 30.6. The van der Waals surface area contributed by atoms with Crippen molar-refractivity contribution in [2.24, 2.45) is 33.5 Å². The molecule has 5 fully saturated rings. The third-order valence-corrected chi connectivity index (χ3v) is 10.3. The van der Waals surface area contributed by atoms with Crippen LogP contribution in [0.15, 0.2) is 0 Å². The van der Waals surface area contributed by atoms with Gasteiger partial charge < -0.3 is 20.4 Å². The van der Waals surface area contributed by atoms with Crippen LogP contribution < -0.4 is 10.6 Å². The molecule has 0 unspecified atom stereocenters. The SMILES string of the molecule is CC1(C)C[C@H]2C[C@@](C)(CN2C(=O)NC[C@@H]2CCC[C@H](CNC(=O)N3C[C@@]4(C)C[C@H]3CC(C)(C)C4)C2)C1. The quantitative estimate of drug-likeness (QED) is 0.496. The Balaban J connectivity index is 1.07. The van der Waals surface area contributed by atoms with E-state index in [0.29, 0.717) is 34.7 Å². The average Bonchev–Trinajstić information content (AvgIpc) is 3.16. The molecule has 0 radical (unpaired) electrons. The molecule has 2 saturated heterocycles. The third kappa shape index (κ3) is 5.53. The molecule has 5 aliphatic rings. The molecule has 5 rings (SSSR count). The molecule has 6 heteroatoms. The minimum absolute atomic E-state index is 0.147. The lowest BCUT2D eigenvalue weighted by molar-refractivity contribution is 0.128. The van der Waals surface area contributed by atoms with Gasteiger partial charge in [-0.05, 0) is 91.3 Å². The Morgan fingerprint density at radius 3 is 1.53 bits per heavy atom. The van der Waals surface area contributed by atoms with Gasteiger partial charge >= 0.3 is 12.1 Å². The van der Waals surface area contributed by atoms with Crippen LogP contribution in [0.2, 0.25) is 0 Å². The van der Waals surface area contributed by atoms with E-state index in [9.17, 15) is 9.59 Å². The smallest absolute Gasteiger partial charge is 0.317 e. The van der Waals surface area contributed by atoms with Gasteiger partial charge in [-0.3, -0.25) is 0 Å². The number of hydrogen-bond acceptors (Lipinski definition) is 2. The first kappa shape index (κ1) is 26.2. The molecule has 0 aromatic carbocycles. The van der Waals surface area contributed by atoms with E-state index in [0.717, 1.165) is 58.3 Å². The van der Waals surface area contributed by atoms with Crippen LogP contribution in [0.1, 0.15) is 106 Å². The molecule has 0 aromatic heterocycles. The number of carbonyl (C=O) groups is 2. The van der Waals surface area contributed by atoms with Crippen molar-refractivity contribution >= 4 is 12.1 Å². The fourth-order valence-electron chi connectivity index (χ4n) is 9.83. The summed E-state index contributed by atoms with van der Waals surface area (Å²) in [7, 11) is 0. The Morgan fingerprint density at radius 2 is 1.11 bits per heavy atom. The van der Waals surface area contributed by atoms with Crippen LogP contribution in [-0.2, 0) is 0 Å². The highest BCUT2D eigenvalue weighted by Crippen LogP contribution is 2.53. The van der Waals surface area contributed by atoms with Crippen LogP contribution in [0, 0.1) is 33.5 Å². The Hall–Kier alpha value is -1.46. The number of nitrogens with one attached hydrogen (secondary N) is 2. The Kier molecular flexibility index (Phi) is 6.60. The normalized spacial score (nSPS) is 40.7. The Labute approximate surface area is 219 Å². The summed E-state index contributed by atoms with van der Waals surface area (Å²) in [5.41, 5.74) is 1.21. The molecule has 204 valence electrons. The maximum Gasteiger partial charge on any atom is 0.317 e. The lowest BCUT2D eigenvalue weighted by Crippen LogP contribution is -2.46. The molecule has 0 spiro atoms. The number of likely N-dealkylation sites (tertiary alicyclic amines) is 2. The lowest BCUT2D eigenvalue weighted by Gasteiger charge is -2.39. The second-order valence-corrected chi connectivity index (χ2v) is 16.0. The first-order valence-electron chi connectivity index (χ1n) is 14.8. The molecule has 3 aliphatic carbocycles. The number of amides is 4. The van der Waals surface area contributed by atoms with Gasteiger partial charge in [-0.1, -0.05) is 48.0 Å². The van der Waals surface area contributed by atoms with E-state index in [1.54, 1.807) is 0 Å². The molecule has 4 amide bonds. The van der Waals surface area contributed by atoms with Gasteiger partial charge in [0.05, 0.1) is 0 Å². The summed E-state index contributed by atoms with van der Waals surface area (Å²) in [6, 6.07) is 1.08. The van der Waals surface area contributed by atoms with E-state index >= 15 is 0 Å². The zero-order valence-electron chi connectivity index (χ0n) is 23.9. The van der Waals surface area contributed by atoms with Crippen molar-refractivity contribution in [3.05, 3.63) is 0 Å². The molecule has 3 saturated carbocycles. The van der Waals surface area contributed by atoms with Gasteiger partial charge in [0.15, 0.2) is 0 Å². The molecule has 6 nitrogen and oxygen atoms in total. The van der Waals surface area contributed by atoms with Gasteiger partial charge in [0.1, 0.15) is 0 Å². The van der Waals surface area contributed by atoms with Gasteiger partial charge in [0.2, 0.25) is 0 Å². The fraction of sp³-hybridized carbons (Fsp3) is 0.933. The molecule has 2 N–H and O–H groups in total. The van der Waals surface area contributed by atoms with E-state index in [4.69, 9.17) is 0 Å². The van der Waals surface area contributed by atoms with Crippen molar-refractivity contribution in [1.82, 2.24) is 20.4 Å². The summed E-state index contributed by atoms with van der Waals surface area (Å²) in [6.45, 7) is 17.5. The predicted octanol–water partition coefficient (Wildman–Crippen LogP) is 6.01. The highest BCUT2D eigenvalue weighted by Gasteiger charge is 2.52. The maximum absolute atomic E-state index is 13.1. The zero-order chi connectivity index (χ0) is 25.9. The molecule has 2 heterocycles. The van der Waals surface area contributed by atoms with E-state index < -0.39 is 0 Å². The minimum Gasteiger partial charge on any atom is -0.338 e. The van der Waals surface area contributed by atoms with Gasteiger partial charge in [0, 0.05) is 38.3 Å².